The molecular weight excluding hydrogens is 737 g/mol. The molecule has 0 unspecified atom stereocenters. The molecule has 0 atom stereocenters. The summed E-state index contributed by atoms with van der Waals surface area (Å²) in [6.45, 7) is 0. The molecule has 0 spiro atoms. The monoisotopic (exact) mass is 772 g/mol. The molecule has 0 bridgehead atoms. The van der Waals surface area contributed by atoms with Crippen LogP contribution in [-0.2, 0) is 0 Å². The molecule has 0 saturated heterocycles. The van der Waals surface area contributed by atoms with E-state index in [1.54, 1.807) is 0 Å². The molecule has 13 rings (SSSR count). The summed E-state index contributed by atoms with van der Waals surface area (Å²) in [5, 5.41) is 17.3. The van der Waals surface area contributed by atoms with Crippen LogP contribution in [0.4, 0.5) is 0 Å². The Balaban J connectivity index is 0.946. The molecule has 1 nitrogen and oxygen atoms in total. The number of rotatable bonds is 4. The molecule has 61 heavy (non-hydrogen) atoms. The Morgan fingerprint density at radius 3 is 1.26 bits per heavy atom. The van der Waals surface area contributed by atoms with Gasteiger partial charge in [-0.1, -0.05) is 194 Å². The van der Waals surface area contributed by atoms with Crippen LogP contribution < -0.4 is 0 Å². The van der Waals surface area contributed by atoms with E-state index in [1.807, 2.05) is 0 Å². The number of benzene rings is 12. The summed E-state index contributed by atoms with van der Waals surface area (Å²) >= 11 is 0. The largest absolute Gasteiger partial charge is 0.455 e. The summed E-state index contributed by atoms with van der Waals surface area (Å²) in [4.78, 5) is 0. The Kier molecular flexibility index (Phi) is 7.37. The van der Waals surface area contributed by atoms with Crippen LogP contribution >= 0.6 is 0 Å². The summed E-state index contributed by atoms with van der Waals surface area (Å²) in [6, 6.07) is 80.1. The van der Waals surface area contributed by atoms with Crippen molar-refractivity contribution in [3.8, 4) is 44.5 Å². The predicted octanol–water partition coefficient (Wildman–Crippen LogP) is 17.2. The van der Waals surface area contributed by atoms with E-state index in [9.17, 15) is 0 Å². The third kappa shape index (κ3) is 5.14. The van der Waals surface area contributed by atoms with Crippen LogP contribution in [0.15, 0.2) is 223 Å². The molecule has 12 aromatic carbocycles. The van der Waals surface area contributed by atoms with Gasteiger partial charge in [-0.05, 0) is 128 Å². The van der Waals surface area contributed by atoms with Crippen molar-refractivity contribution in [3.63, 3.8) is 0 Å². The predicted molar refractivity (Wildman–Crippen MR) is 260 cm³/mol. The zero-order valence-corrected chi connectivity index (χ0v) is 33.2. The minimum Gasteiger partial charge on any atom is -0.455 e. The Morgan fingerprint density at radius 1 is 0.230 bits per heavy atom. The fraction of sp³-hybridized carbons (Fsp3) is 0. The molecule has 0 aliphatic carbocycles. The van der Waals surface area contributed by atoms with Crippen LogP contribution in [-0.4, -0.2) is 0 Å². The maximum Gasteiger partial charge on any atom is 0.143 e. The first-order chi connectivity index (χ1) is 30.3. The van der Waals surface area contributed by atoms with Gasteiger partial charge in [0.2, 0.25) is 0 Å². The van der Waals surface area contributed by atoms with Gasteiger partial charge in [0.15, 0.2) is 0 Å². The van der Waals surface area contributed by atoms with E-state index < -0.39 is 0 Å². The van der Waals surface area contributed by atoms with E-state index in [0.29, 0.717) is 0 Å². The van der Waals surface area contributed by atoms with Gasteiger partial charge in [-0.2, -0.15) is 0 Å². The third-order valence-electron chi connectivity index (χ3n) is 13.0. The smallest absolute Gasteiger partial charge is 0.143 e. The van der Waals surface area contributed by atoms with Crippen LogP contribution in [0.5, 0.6) is 0 Å². The Labute approximate surface area is 352 Å². The number of furan rings is 1. The van der Waals surface area contributed by atoms with Crippen LogP contribution in [0, 0.1) is 0 Å². The van der Waals surface area contributed by atoms with Gasteiger partial charge in [-0.15, -0.1) is 0 Å². The van der Waals surface area contributed by atoms with Gasteiger partial charge in [0, 0.05) is 16.2 Å². The van der Waals surface area contributed by atoms with E-state index in [2.05, 4.69) is 218 Å². The number of hydrogen-bond acceptors (Lipinski definition) is 1. The Hall–Kier alpha value is -8.00. The summed E-state index contributed by atoms with van der Waals surface area (Å²) < 4.78 is 6.53. The summed E-state index contributed by atoms with van der Waals surface area (Å²) in [5.74, 6) is 0. The van der Waals surface area contributed by atoms with Crippen molar-refractivity contribution < 1.29 is 4.42 Å². The van der Waals surface area contributed by atoms with Gasteiger partial charge < -0.3 is 4.42 Å². The quantitative estimate of drug-likeness (QED) is 0.128. The first-order valence-corrected chi connectivity index (χ1v) is 21.1. The second kappa shape index (κ2) is 13.3. The number of fused-ring (bicyclic) bond motifs is 13. The molecule has 0 aliphatic rings. The minimum atomic E-state index is 0.907. The topological polar surface area (TPSA) is 13.1 Å². The lowest BCUT2D eigenvalue weighted by Crippen LogP contribution is -1.91. The van der Waals surface area contributed by atoms with Gasteiger partial charge in [0.1, 0.15) is 11.2 Å². The molecule has 282 valence electrons. The highest BCUT2D eigenvalue weighted by Crippen LogP contribution is 2.46. The minimum absolute atomic E-state index is 0.907. The van der Waals surface area contributed by atoms with Crippen LogP contribution in [0.1, 0.15) is 0 Å². The van der Waals surface area contributed by atoms with E-state index in [0.717, 1.165) is 27.3 Å². The van der Waals surface area contributed by atoms with Crippen molar-refractivity contribution in [2.45, 2.75) is 0 Å². The zero-order valence-electron chi connectivity index (χ0n) is 33.2. The zero-order chi connectivity index (χ0) is 40.0. The molecule has 1 heteroatoms. The van der Waals surface area contributed by atoms with Gasteiger partial charge in [-0.25, -0.2) is 0 Å². The molecule has 0 N–H and O–H groups in total. The van der Waals surface area contributed by atoms with Crippen molar-refractivity contribution in [2.75, 3.05) is 0 Å². The molecule has 0 aliphatic heterocycles. The Bertz CT molecular complexity index is 3830. The highest BCUT2D eigenvalue weighted by molar-refractivity contribution is 6.26. The van der Waals surface area contributed by atoms with Gasteiger partial charge >= 0.3 is 0 Å². The summed E-state index contributed by atoms with van der Waals surface area (Å²) in [5.41, 5.74) is 11.6. The van der Waals surface area contributed by atoms with Crippen molar-refractivity contribution >= 4 is 86.6 Å². The SMILES string of the molecule is c1ccc(-c2ccc3c4ccccc4c4ccccc4c3c2)c(-c2ccc(-c3c4ccccc4c(-c4ccc5oc6c7ccccc7ccc6c5c4)c4ccccc34)cc2)c1. The van der Waals surface area contributed by atoms with Crippen molar-refractivity contribution in [2.24, 2.45) is 0 Å². The number of hydrogen-bond donors (Lipinski definition) is 0. The lowest BCUT2D eigenvalue weighted by Gasteiger charge is -2.18. The fourth-order valence-electron chi connectivity index (χ4n) is 10.3. The first kappa shape index (κ1) is 33.9. The second-order valence-corrected chi connectivity index (χ2v) is 16.3. The average Bonchev–Trinajstić information content (AvgIpc) is 3.72. The van der Waals surface area contributed by atoms with Crippen molar-refractivity contribution in [1.82, 2.24) is 0 Å². The van der Waals surface area contributed by atoms with Crippen molar-refractivity contribution in [1.29, 1.82) is 0 Å². The molecule has 13 aromatic rings. The molecule has 0 saturated carbocycles. The first-order valence-electron chi connectivity index (χ1n) is 21.1. The maximum atomic E-state index is 6.53. The van der Waals surface area contributed by atoms with E-state index in [-0.39, 0.29) is 0 Å². The van der Waals surface area contributed by atoms with Gasteiger partial charge in [0.25, 0.3) is 0 Å². The van der Waals surface area contributed by atoms with Crippen molar-refractivity contribution in [3.05, 3.63) is 218 Å². The molecule has 0 amide bonds. The Morgan fingerprint density at radius 2 is 0.639 bits per heavy atom. The van der Waals surface area contributed by atoms with Crippen LogP contribution in [0.2, 0.25) is 0 Å². The maximum absolute atomic E-state index is 6.53. The lowest BCUT2D eigenvalue weighted by molar-refractivity contribution is 0.672. The molecule has 1 aromatic heterocycles. The van der Waals surface area contributed by atoms with E-state index in [4.69, 9.17) is 4.42 Å². The highest BCUT2D eigenvalue weighted by atomic mass is 16.3. The highest BCUT2D eigenvalue weighted by Gasteiger charge is 2.19. The summed E-state index contributed by atoms with van der Waals surface area (Å²) in [7, 11) is 0. The van der Waals surface area contributed by atoms with Gasteiger partial charge in [-0.3, -0.25) is 0 Å². The van der Waals surface area contributed by atoms with Crippen LogP contribution in [0.25, 0.3) is 131 Å². The molecule has 0 radical (unpaired) electrons. The third-order valence-corrected chi connectivity index (χ3v) is 13.0. The average molecular weight is 773 g/mol. The normalized spacial score (nSPS) is 11.9. The standard InChI is InChI=1S/C60H36O/c1-2-16-44-37(13-1)29-33-54-56-36-41(31-34-57(56)61-60(44)54)59-52-23-11-9-21-50(52)58(51-22-10-12-24-53(51)59)39-27-25-38(26-28-39)42-14-3-4-15-43(42)40-30-32-49-47-19-6-5-17-45(47)46-18-7-8-20-48(46)55(49)35-40/h1-36H. The van der Waals surface area contributed by atoms with Crippen LogP contribution in [0.3, 0.4) is 0 Å². The molecular formula is C60H36O. The van der Waals surface area contributed by atoms with E-state index >= 15 is 0 Å². The van der Waals surface area contributed by atoms with Gasteiger partial charge in [0.05, 0.1) is 0 Å². The summed E-state index contributed by atoms with van der Waals surface area (Å²) in [6.07, 6.45) is 0. The fourth-order valence-corrected chi connectivity index (χ4v) is 10.3. The molecule has 1 heterocycles. The second-order valence-electron chi connectivity index (χ2n) is 16.3. The lowest BCUT2D eigenvalue weighted by atomic mass is 9.85. The van der Waals surface area contributed by atoms with E-state index in [1.165, 1.54) is 104 Å². The molecule has 0 fully saturated rings.